The molecule has 1 aromatic carbocycles. The summed E-state index contributed by atoms with van der Waals surface area (Å²) >= 11 is 0. The fourth-order valence-electron chi connectivity index (χ4n) is 2.95. The van der Waals surface area contributed by atoms with Gasteiger partial charge in [-0.25, -0.2) is 4.39 Å². The van der Waals surface area contributed by atoms with Crippen LogP contribution in [0.2, 0.25) is 0 Å². The molecule has 1 aliphatic carbocycles. The van der Waals surface area contributed by atoms with Crippen LogP contribution in [0, 0.1) is 17.1 Å². The Kier molecular flexibility index (Phi) is 3.72. The predicted molar refractivity (Wildman–Crippen MR) is 77.9 cm³/mol. The van der Waals surface area contributed by atoms with E-state index in [1.165, 1.54) is 0 Å². The molecular weight excluding hydrogens is 267 g/mol. The Balaban J connectivity index is 1.90. The average molecular weight is 284 g/mol. The van der Waals surface area contributed by atoms with Crippen LogP contribution in [0.4, 0.5) is 4.39 Å². The highest BCUT2D eigenvalue weighted by Crippen LogP contribution is 2.35. The van der Waals surface area contributed by atoms with Crippen molar-refractivity contribution in [3.8, 4) is 17.3 Å². The van der Waals surface area contributed by atoms with Crippen LogP contribution in [0.5, 0.6) is 0 Å². The highest BCUT2D eigenvalue weighted by atomic mass is 19.1. The minimum Gasteiger partial charge on any atom is -0.328 e. The number of nitriles is 1. The topological polar surface area (TPSA) is 78.5 Å². The number of halogens is 1. The number of H-pyrrole nitrogens is 1. The van der Waals surface area contributed by atoms with Crippen molar-refractivity contribution in [3.05, 3.63) is 41.3 Å². The van der Waals surface area contributed by atoms with Gasteiger partial charge in [-0.1, -0.05) is 12.1 Å². The summed E-state index contributed by atoms with van der Waals surface area (Å²) in [5.41, 5.74) is 7.88. The fourth-order valence-corrected chi connectivity index (χ4v) is 2.95. The van der Waals surface area contributed by atoms with E-state index in [4.69, 9.17) is 11.0 Å². The molecule has 3 N–H and O–H groups in total. The first-order chi connectivity index (χ1) is 10.2. The van der Waals surface area contributed by atoms with E-state index in [2.05, 4.69) is 16.3 Å². The van der Waals surface area contributed by atoms with Gasteiger partial charge in [0.2, 0.25) is 0 Å². The number of aromatic amines is 1. The zero-order valence-corrected chi connectivity index (χ0v) is 11.6. The zero-order valence-electron chi connectivity index (χ0n) is 11.6. The fraction of sp³-hybridized carbons (Fsp3) is 0.375. The molecule has 0 amide bonds. The summed E-state index contributed by atoms with van der Waals surface area (Å²) in [6.07, 6.45) is 3.61. The highest BCUT2D eigenvalue weighted by molar-refractivity contribution is 5.62. The molecule has 1 aromatic heterocycles. The van der Waals surface area contributed by atoms with Crippen LogP contribution < -0.4 is 5.73 Å². The molecule has 0 unspecified atom stereocenters. The van der Waals surface area contributed by atoms with E-state index in [9.17, 15) is 4.39 Å². The quantitative estimate of drug-likeness (QED) is 0.889. The molecule has 4 nitrogen and oxygen atoms in total. The maximum atomic E-state index is 14.6. The number of hydrogen-bond donors (Lipinski definition) is 2. The van der Waals surface area contributed by atoms with Gasteiger partial charge in [-0.05, 0) is 37.8 Å². The van der Waals surface area contributed by atoms with E-state index >= 15 is 0 Å². The Morgan fingerprint density at radius 3 is 2.76 bits per heavy atom. The van der Waals surface area contributed by atoms with Crippen molar-refractivity contribution in [3.63, 3.8) is 0 Å². The summed E-state index contributed by atoms with van der Waals surface area (Å²) < 4.78 is 14.6. The molecule has 108 valence electrons. The lowest BCUT2D eigenvalue weighted by Crippen LogP contribution is -2.26. The van der Waals surface area contributed by atoms with Gasteiger partial charge in [0.15, 0.2) is 5.82 Å². The van der Waals surface area contributed by atoms with Gasteiger partial charge in [-0.2, -0.15) is 10.4 Å². The molecule has 0 saturated heterocycles. The maximum Gasteiger partial charge on any atom is 0.172 e. The third-order valence-electron chi connectivity index (χ3n) is 4.18. The Morgan fingerprint density at radius 1 is 1.29 bits per heavy atom. The second kappa shape index (κ2) is 5.66. The molecule has 1 aliphatic rings. The van der Waals surface area contributed by atoms with E-state index < -0.39 is 0 Å². The molecule has 2 aromatic rings. The van der Waals surface area contributed by atoms with Crippen molar-refractivity contribution >= 4 is 0 Å². The molecule has 3 rings (SSSR count). The summed E-state index contributed by atoms with van der Waals surface area (Å²) in [5, 5.41) is 15.9. The van der Waals surface area contributed by atoms with Crippen molar-refractivity contribution in [2.45, 2.75) is 37.6 Å². The first-order valence-electron chi connectivity index (χ1n) is 7.19. The van der Waals surface area contributed by atoms with Gasteiger partial charge >= 0.3 is 0 Å². The molecule has 21 heavy (non-hydrogen) atoms. The number of hydrogen-bond acceptors (Lipinski definition) is 3. The Hall–Kier alpha value is -2.19. The van der Waals surface area contributed by atoms with Crippen molar-refractivity contribution < 1.29 is 4.39 Å². The van der Waals surface area contributed by atoms with Crippen molar-refractivity contribution in [2.24, 2.45) is 5.73 Å². The average Bonchev–Trinajstić information content (AvgIpc) is 2.90. The zero-order chi connectivity index (χ0) is 14.8. The normalized spacial score (nSPS) is 22.0. The minimum absolute atomic E-state index is 0.158. The van der Waals surface area contributed by atoms with Gasteiger partial charge in [0, 0.05) is 17.5 Å². The van der Waals surface area contributed by atoms with Crippen molar-refractivity contribution in [1.82, 2.24) is 10.2 Å². The van der Waals surface area contributed by atoms with Crippen molar-refractivity contribution in [1.29, 1.82) is 5.26 Å². The number of nitrogens with zero attached hydrogens (tertiary/aromatic N) is 2. The molecule has 0 atom stereocenters. The van der Waals surface area contributed by atoms with Gasteiger partial charge in [0.25, 0.3) is 0 Å². The van der Waals surface area contributed by atoms with Crippen LogP contribution in [0.1, 0.15) is 42.9 Å². The van der Waals surface area contributed by atoms with E-state index in [1.54, 1.807) is 24.3 Å². The van der Waals surface area contributed by atoms with Crippen molar-refractivity contribution in [2.75, 3.05) is 0 Å². The number of nitrogens with one attached hydrogen (secondary N) is 1. The summed E-state index contributed by atoms with van der Waals surface area (Å²) in [6, 6.07) is 9.14. The van der Waals surface area contributed by atoms with E-state index in [-0.39, 0.29) is 23.5 Å². The summed E-state index contributed by atoms with van der Waals surface area (Å²) in [5.74, 6) is -0.143. The highest BCUT2D eigenvalue weighted by Gasteiger charge is 2.26. The summed E-state index contributed by atoms with van der Waals surface area (Å²) in [6.45, 7) is 0. The lowest BCUT2D eigenvalue weighted by atomic mass is 9.84. The smallest absolute Gasteiger partial charge is 0.172 e. The molecule has 0 bridgehead atoms. The number of nitrogens with two attached hydrogens (primary N) is 1. The second-order valence-electron chi connectivity index (χ2n) is 5.60. The van der Waals surface area contributed by atoms with Crippen LogP contribution in [0.15, 0.2) is 24.3 Å². The molecule has 0 spiro atoms. The van der Waals surface area contributed by atoms with Gasteiger partial charge in [0.05, 0.1) is 17.3 Å². The van der Waals surface area contributed by atoms with Crippen LogP contribution in [0.3, 0.4) is 0 Å². The largest absolute Gasteiger partial charge is 0.328 e. The molecule has 0 radical (unpaired) electrons. The second-order valence-corrected chi connectivity index (χ2v) is 5.60. The van der Waals surface area contributed by atoms with Gasteiger partial charge < -0.3 is 5.73 Å². The lowest BCUT2D eigenvalue weighted by molar-refractivity contribution is 0.382. The first kappa shape index (κ1) is 13.8. The number of aromatic nitrogens is 2. The first-order valence-corrected chi connectivity index (χ1v) is 7.19. The van der Waals surface area contributed by atoms with Gasteiger partial charge in [-0.3, -0.25) is 5.10 Å². The Bertz CT molecular complexity index is 678. The van der Waals surface area contributed by atoms with Crippen LogP contribution in [-0.4, -0.2) is 16.2 Å². The number of rotatable bonds is 2. The lowest BCUT2D eigenvalue weighted by Gasteiger charge is -2.24. The summed E-state index contributed by atoms with van der Waals surface area (Å²) in [4.78, 5) is 0. The van der Waals surface area contributed by atoms with Gasteiger partial charge in [0.1, 0.15) is 5.69 Å². The van der Waals surface area contributed by atoms with Crippen LogP contribution in [0.25, 0.3) is 11.3 Å². The monoisotopic (exact) mass is 284 g/mol. The minimum atomic E-state index is -0.300. The molecule has 5 heteroatoms. The number of benzene rings is 1. The Labute approximate surface area is 122 Å². The van der Waals surface area contributed by atoms with E-state index in [0.717, 1.165) is 25.7 Å². The van der Waals surface area contributed by atoms with Crippen LogP contribution >= 0.6 is 0 Å². The molecular formula is C16H17FN4. The third-order valence-corrected chi connectivity index (χ3v) is 4.18. The van der Waals surface area contributed by atoms with Gasteiger partial charge in [-0.15, -0.1) is 0 Å². The predicted octanol–water partition coefficient (Wildman–Crippen LogP) is 3.07. The molecule has 1 fully saturated rings. The molecule has 1 saturated carbocycles. The standard InChI is InChI=1S/C16H17FN4/c17-14-15(11-4-6-13(19)7-5-11)20-21-16(14)12-3-1-2-10(8-12)9-18/h1-3,8,11,13H,4-7,19H2,(H,20,21). The summed E-state index contributed by atoms with van der Waals surface area (Å²) in [7, 11) is 0. The molecule has 0 aliphatic heterocycles. The third kappa shape index (κ3) is 2.67. The van der Waals surface area contributed by atoms with Crippen LogP contribution in [-0.2, 0) is 0 Å². The maximum absolute atomic E-state index is 14.6. The van der Waals surface area contributed by atoms with E-state index in [0.29, 0.717) is 16.8 Å². The Morgan fingerprint density at radius 2 is 2.05 bits per heavy atom. The molecule has 1 heterocycles. The SMILES string of the molecule is N#Cc1cccc(-c2n[nH]c(C3CCC(N)CC3)c2F)c1. The van der Waals surface area contributed by atoms with E-state index in [1.807, 2.05) is 0 Å².